The molecule has 1 aromatic carbocycles. The van der Waals surface area contributed by atoms with Crippen molar-refractivity contribution in [3.05, 3.63) is 23.8 Å². The minimum Gasteiger partial charge on any atom is -0.454 e. The molecule has 1 fully saturated rings. The molecule has 1 saturated heterocycles. The number of rotatable bonds is 3. The average Bonchev–Trinajstić information content (AvgIpc) is 2.95. The van der Waals surface area contributed by atoms with Crippen molar-refractivity contribution in [1.82, 2.24) is 9.80 Å². The number of hydrogen-bond acceptors (Lipinski definition) is 5. The van der Waals surface area contributed by atoms with Gasteiger partial charge in [-0.15, -0.1) is 0 Å². The Balaban J connectivity index is 1.57. The van der Waals surface area contributed by atoms with Crippen molar-refractivity contribution in [3.8, 4) is 17.6 Å². The van der Waals surface area contributed by atoms with Crippen molar-refractivity contribution < 1.29 is 9.47 Å². The lowest BCUT2D eigenvalue weighted by Gasteiger charge is -2.40. The summed E-state index contributed by atoms with van der Waals surface area (Å²) in [7, 11) is 0. The standard InChI is InChI=1S/C16H21N3O2/c1-16(2,11-17)19-7-5-18(6-8-19)10-13-3-4-14-15(9-13)21-12-20-14/h3-4,9H,5-8,10,12H2,1-2H3. The predicted octanol–water partition coefficient (Wildman–Crippen LogP) is 1.84. The van der Waals surface area contributed by atoms with Crippen LogP contribution in [0.1, 0.15) is 19.4 Å². The molecule has 0 radical (unpaired) electrons. The van der Waals surface area contributed by atoms with E-state index < -0.39 is 0 Å². The van der Waals surface area contributed by atoms with Gasteiger partial charge in [0, 0.05) is 32.7 Å². The molecular formula is C16H21N3O2. The molecule has 0 unspecified atom stereocenters. The maximum absolute atomic E-state index is 9.21. The van der Waals surface area contributed by atoms with E-state index in [2.05, 4.69) is 28.0 Å². The molecule has 3 rings (SSSR count). The molecule has 2 aliphatic heterocycles. The smallest absolute Gasteiger partial charge is 0.231 e. The van der Waals surface area contributed by atoms with Gasteiger partial charge in [-0.05, 0) is 31.5 Å². The third-order valence-corrected chi connectivity index (χ3v) is 4.28. The summed E-state index contributed by atoms with van der Waals surface area (Å²) in [5.74, 6) is 1.68. The number of nitriles is 1. The topological polar surface area (TPSA) is 48.7 Å². The monoisotopic (exact) mass is 287 g/mol. The van der Waals surface area contributed by atoms with Crippen LogP contribution < -0.4 is 9.47 Å². The summed E-state index contributed by atoms with van der Waals surface area (Å²) in [5.41, 5.74) is 0.873. The van der Waals surface area contributed by atoms with Crippen LogP contribution in [0, 0.1) is 11.3 Å². The largest absolute Gasteiger partial charge is 0.454 e. The van der Waals surface area contributed by atoms with Gasteiger partial charge in [0.2, 0.25) is 6.79 Å². The summed E-state index contributed by atoms with van der Waals surface area (Å²) in [5, 5.41) is 9.21. The zero-order chi connectivity index (χ0) is 14.9. The summed E-state index contributed by atoms with van der Waals surface area (Å²) < 4.78 is 10.8. The fourth-order valence-electron chi connectivity index (χ4n) is 2.83. The maximum atomic E-state index is 9.21. The minimum absolute atomic E-state index is 0.320. The van der Waals surface area contributed by atoms with E-state index in [1.54, 1.807) is 0 Å². The highest BCUT2D eigenvalue weighted by molar-refractivity contribution is 5.44. The molecular weight excluding hydrogens is 266 g/mol. The third kappa shape index (κ3) is 2.97. The highest BCUT2D eigenvalue weighted by Gasteiger charge is 2.29. The van der Waals surface area contributed by atoms with Gasteiger partial charge in [0.25, 0.3) is 0 Å². The van der Waals surface area contributed by atoms with E-state index >= 15 is 0 Å². The fourth-order valence-corrected chi connectivity index (χ4v) is 2.83. The Labute approximate surface area is 125 Å². The zero-order valence-electron chi connectivity index (χ0n) is 12.6. The third-order valence-electron chi connectivity index (χ3n) is 4.28. The van der Waals surface area contributed by atoms with Gasteiger partial charge in [0.05, 0.1) is 6.07 Å². The Hall–Kier alpha value is -1.77. The lowest BCUT2D eigenvalue weighted by atomic mass is 10.0. The molecule has 0 aromatic heterocycles. The fraction of sp³-hybridized carbons (Fsp3) is 0.562. The second kappa shape index (κ2) is 5.55. The van der Waals surface area contributed by atoms with E-state index in [9.17, 15) is 5.26 Å². The number of nitrogens with zero attached hydrogens (tertiary/aromatic N) is 3. The Morgan fingerprint density at radius 3 is 2.57 bits per heavy atom. The van der Waals surface area contributed by atoms with Crippen LogP contribution in [0.15, 0.2) is 18.2 Å². The second-order valence-electron chi connectivity index (χ2n) is 6.12. The Morgan fingerprint density at radius 2 is 1.86 bits per heavy atom. The molecule has 0 N–H and O–H groups in total. The van der Waals surface area contributed by atoms with E-state index in [0.717, 1.165) is 44.2 Å². The van der Waals surface area contributed by atoms with Crippen LogP contribution in [-0.2, 0) is 6.54 Å². The Kier molecular flexibility index (Phi) is 3.75. The van der Waals surface area contributed by atoms with E-state index in [-0.39, 0.29) is 5.54 Å². The first-order valence-electron chi connectivity index (χ1n) is 7.36. The van der Waals surface area contributed by atoms with E-state index in [4.69, 9.17) is 9.47 Å². The van der Waals surface area contributed by atoms with Crippen molar-refractivity contribution in [3.63, 3.8) is 0 Å². The van der Waals surface area contributed by atoms with Gasteiger partial charge in [-0.2, -0.15) is 5.26 Å². The molecule has 0 amide bonds. The minimum atomic E-state index is -0.370. The summed E-state index contributed by atoms with van der Waals surface area (Å²) in [6, 6.07) is 8.52. The van der Waals surface area contributed by atoms with Crippen molar-refractivity contribution in [2.24, 2.45) is 0 Å². The van der Waals surface area contributed by atoms with Gasteiger partial charge in [-0.1, -0.05) is 6.07 Å². The predicted molar refractivity (Wildman–Crippen MR) is 79.1 cm³/mol. The molecule has 0 spiro atoms. The van der Waals surface area contributed by atoms with Crippen molar-refractivity contribution in [1.29, 1.82) is 5.26 Å². The molecule has 2 aliphatic rings. The van der Waals surface area contributed by atoms with E-state index in [1.165, 1.54) is 5.56 Å². The number of fused-ring (bicyclic) bond motifs is 1. The average molecular weight is 287 g/mol. The summed E-state index contributed by atoms with van der Waals surface area (Å²) in [4.78, 5) is 4.67. The van der Waals surface area contributed by atoms with Crippen LogP contribution in [0.5, 0.6) is 11.5 Å². The lowest BCUT2D eigenvalue weighted by molar-refractivity contribution is 0.0764. The van der Waals surface area contributed by atoms with Crippen LogP contribution in [0.2, 0.25) is 0 Å². The number of piperazine rings is 1. The normalized spacial score (nSPS) is 19.5. The SMILES string of the molecule is CC(C)(C#N)N1CCN(Cc2ccc3c(c2)OCO3)CC1. The van der Waals surface area contributed by atoms with Gasteiger partial charge >= 0.3 is 0 Å². The zero-order valence-corrected chi connectivity index (χ0v) is 12.6. The molecule has 0 aliphatic carbocycles. The Morgan fingerprint density at radius 1 is 1.14 bits per heavy atom. The van der Waals surface area contributed by atoms with Crippen LogP contribution in [-0.4, -0.2) is 48.3 Å². The summed E-state index contributed by atoms with van der Waals surface area (Å²) >= 11 is 0. The van der Waals surface area contributed by atoms with Gasteiger partial charge in [0.1, 0.15) is 5.54 Å². The highest BCUT2D eigenvalue weighted by atomic mass is 16.7. The first-order chi connectivity index (χ1) is 10.1. The van der Waals surface area contributed by atoms with Crippen LogP contribution >= 0.6 is 0 Å². The summed E-state index contributed by atoms with van der Waals surface area (Å²) in [6.45, 7) is 9.05. The molecule has 0 atom stereocenters. The first kappa shape index (κ1) is 14.2. The van der Waals surface area contributed by atoms with Gasteiger partial charge in [-0.25, -0.2) is 0 Å². The lowest BCUT2D eigenvalue weighted by Crippen LogP contribution is -2.53. The number of ether oxygens (including phenoxy) is 2. The van der Waals surface area contributed by atoms with Crippen LogP contribution in [0.25, 0.3) is 0 Å². The molecule has 21 heavy (non-hydrogen) atoms. The van der Waals surface area contributed by atoms with Crippen molar-refractivity contribution in [2.45, 2.75) is 25.9 Å². The molecule has 112 valence electrons. The molecule has 2 heterocycles. The second-order valence-corrected chi connectivity index (χ2v) is 6.12. The van der Waals surface area contributed by atoms with Gasteiger partial charge < -0.3 is 9.47 Å². The van der Waals surface area contributed by atoms with Crippen LogP contribution in [0.4, 0.5) is 0 Å². The highest BCUT2D eigenvalue weighted by Crippen LogP contribution is 2.32. The summed E-state index contributed by atoms with van der Waals surface area (Å²) in [6.07, 6.45) is 0. The molecule has 5 heteroatoms. The van der Waals surface area contributed by atoms with Gasteiger partial charge in [-0.3, -0.25) is 9.80 Å². The van der Waals surface area contributed by atoms with E-state index in [1.807, 2.05) is 19.9 Å². The Bertz CT molecular complexity index is 557. The maximum Gasteiger partial charge on any atom is 0.231 e. The van der Waals surface area contributed by atoms with Crippen molar-refractivity contribution >= 4 is 0 Å². The first-order valence-corrected chi connectivity index (χ1v) is 7.36. The van der Waals surface area contributed by atoms with Crippen molar-refractivity contribution in [2.75, 3.05) is 33.0 Å². The number of benzene rings is 1. The molecule has 1 aromatic rings. The number of hydrogen-bond donors (Lipinski definition) is 0. The van der Waals surface area contributed by atoms with Crippen LogP contribution in [0.3, 0.4) is 0 Å². The van der Waals surface area contributed by atoms with E-state index in [0.29, 0.717) is 6.79 Å². The molecule has 0 saturated carbocycles. The quantitative estimate of drug-likeness (QED) is 0.849. The van der Waals surface area contributed by atoms with Gasteiger partial charge in [0.15, 0.2) is 11.5 Å². The molecule has 0 bridgehead atoms. The molecule has 5 nitrogen and oxygen atoms in total.